The SMILES string of the molecule is C=CCOc1c(Br)cc(/C=C(\C#N)C(=O)Cc2sc(C(=O)OCC)c(C)c2C(=O)OCC)cc1Br. The number of Topliss-reactive ketones (excluding diaryl/α,β-unsaturated/α-hetero) is 1. The average molecular weight is 625 g/mol. The molecule has 35 heavy (non-hydrogen) atoms. The van der Waals surface area contributed by atoms with Crippen molar-refractivity contribution >= 4 is 67.0 Å². The first kappa shape index (κ1) is 28.5. The van der Waals surface area contributed by atoms with Crippen molar-refractivity contribution in [2.75, 3.05) is 19.8 Å². The van der Waals surface area contributed by atoms with Crippen molar-refractivity contribution in [2.24, 2.45) is 0 Å². The Morgan fingerprint density at radius 1 is 1.11 bits per heavy atom. The number of carbonyl (C=O) groups is 3. The fourth-order valence-corrected chi connectivity index (χ4v) is 5.72. The number of hydrogen-bond acceptors (Lipinski definition) is 8. The maximum Gasteiger partial charge on any atom is 0.348 e. The van der Waals surface area contributed by atoms with Crippen molar-refractivity contribution in [3.63, 3.8) is 0 Å². The molecule has 0 N–H and O–H groups in total. The van der Waals surface area contributed by atoms with Crippen LogP contribution < -0.4 is 4.74 Å². The van der Waals surface area contributed by atoms with E-state index in [1.807, 2.05) is 6.07 Å². The number of benzene rings is 1. The van der Waals surface area contributed by atoms with Crippen LogP contribution in [0.2, 0.25) is 0 Å². The van der Waals surface area contributed by atoms with Crippen molar-refractivity contribution in [3.8, 4) is 11.8 Å². The van der Waals surface area contributed by atoms with E-state index in [2.05, 4.69) is 38.4 Å². The van der Waals surface area contributed by atoms with Crippen molar-refractivity contribution in [3.05, 3.63) is 65.8 Å². The second-order valence-electron chi connectivity index (χ2n) is 6.98. The monoisotopic (exact) mass is 623 g/mol. The molecule has 0 atom stereocenters. The molecule has 0 aliphatic rings. The van der Waals surface area contributed by atoms with Crippen molar-refractivity contribution in [1.82, 2.24) is 0 Å². The van der Waals surface area contributed by atoms with Gasteiger partial charge in [0.05, 0.1) is 33.3 Å². The van der Waals surface area contributed by atoms with Gasteiger partial charge in [0.15, 0.2) is 5.78 Å². The highest BCUT2D eigenvalue weighted by atomic mass is 79.9. The summed E-state index contributed by atoms with van der Waals surface area (Å²) in [7, 11) is 0. The predicted molar refractivity (Wildman–Crippen MR) is 141 cm³/mol. The summed E-state index contributed by atoms with van der Waals surface area (Å²) in [5.74, 6) is -1.16. The highest BCUT2D eigenvalue weighted by Gasteiger charge is 2.28. The standard InChI is InChI=1S/C25H23Br2NO6S/c1-5-8-34-22-17(26)10-15(11-18(22)27)9-16(13-28)19(29)12-20-21(24(30)32-6-2)14(4)23(35-20)25(31)33-7-3/h5,9-11H,1,6-8,12H2,2-4H3/b16-9+. The first-order valence-corrected chi connectivity index (χ1v) is 12.9. The van der Waals surface area contributed by atoms with Gasteiger partial charge >= 0.3 is 11.9 Å². The summed E-state index contributed by atoms with van der Waals surface area (Å²) in [5.41, 5.74) is 1.02. The van der Waals surface area contributed by atoms with Crippen LogP contribution in [0.1, 0.15) is 49.9 Å². The fraction of sp³-hybridized carbons (Fsp3) is 0.280. The Morgan fingerprint density at radius 2 is 1.71 bits per heavy atom. The van der Waals surface area contributed by atoms with Crippen LogP contribution in [0.5, 0.6) is 5.75 Å². The van der Waals surface area contributed by atoms with Crippen LogP contribution >= 0.6 is 43.2 Å². The van der Waals surface area contributed by atoms with E-state index in [1.54, 1.807) is 39.0 Å². The largest absolute Gasteiger partial charge is 0.487 e. The fourth-order valence-electron chi connectivity index (χ4n) is 3.09. The third-order valence-electron chi connectivity index (χ3n) is 4.58. The van der Waals surface area contributed by atoms with Gasteiger partial charge in [0.2, 0.25) is 0 Å². The van der Waals surface area contributed by atoms with E-state index in [0.29, 0.717) is 37.3 Å². The van der Waals surface area contributed by atoms with Crippen molar-refractivity contribution in [1.29, 1.82) is 5.26 Å². The molecule has 0 spiro atoms. The number of nitrogens with zero attached hydrogens (tertiary/aromatic N) is 1. The number of hydrogen-bond donors (Lipinski definition) is 0. The van der Waals surface area contributed by atoms with Crippen LogP contribution in [0.15, 0.2) is 39.3 Å². The lowest BCUT2D eigenvalue weighted by Crippen LogP contribution is -2.12. The van der Waals surface area contributed by atoms with E-state index in [9.17, 15) is 19.6 Å². The normalized spacial score (nSPS) is 10.9. The number of allylic oxidation sites excluding steroid dienone is 1. The van der Waals surface area contributed by atoms with Gasteiger partial charge < -0.3 is 14.2 Å². The highest BCUT2D eigenvalue weighted by Crippen LogP contribution is 2.36. The van der Waals surface area contributed by atoms with Gasteiger partial charge in [0.25, 0.3) is 0 Å². The zero-order valence-corrected chi connectivity index (χ0v) is 23.4. The third-order valence-corrected chi connectivity index (χ3v) is 7.03. The number of halogens is 2. The van der Waals surface area contributed by atoms with Crippen LogP contribution in [0.3, 0.4) is 0 Å². The molecule has 0 radical (unpaired) electrons. The molecule has 0 bridgehead atoms. The number of esters is 2. The maximum atomic E-state index is 13.1. The average Bonchev–Trinajstić information content (AvgIpc) is 3.12. The molecule has 10 heteroatoms. The van der Waals surface area contributed by atoms with Gasteiger partial charge in [-0.3, -0.25) is 4.79 Å². The molecule has 1 heterocycles. The Morgan fingerprint density at radius 3 is 2.26 bits per heavy atom. The summed E-state index contributed by atoms with van der Waals surface area (Å²) < 4.78 is 17.0. The molecule has 0 amide bonds. The summed E-state index contributed by atoms with van der Waals surface area (Å²) >= 11 is 7.85. The van der Waals surface area contributed by atoms with Crippen LogP contribution in [0.4, 0.5) is 0 Å². The minimum absolute atomic E-state index is 0.109. The van der Waals surface area contributed by atoms with Gasteiger partial charge in [-0.15, -0.1) is 11.3 Å². The van der Waals surface area contributed by atoms with Gasteiger partial charge in [0, 0.05) is 11.3 Å². The van der Waals surface area contributed by atoms with Crippen molar-refractivity contribution < 1.29 is 28.6 Å². The molecule has 0 unspecified atom stereocenters. The van der Waals surface area contributed by atoms with Crippen molar-refractivity contribution in [2.45, 2.75) is 27.2 Å². The lowest BCUT2D eigenvalue weighted by molar-refractivity contribution is -0.114. The predicted octanol–water partition coefficient (Wildman–Crippen LogP) is 6.22. The molecular weight excluding hydrogens is 602 g/mol. The summed E-state index contributed by atoms with van der Waals surface area (Å²) in [4.78, 5) is 38.6. The number of thiophene rings is 1. The Kier molecular flexibility index (Phi) is 10.9. The molecule has 1 aromatic heterocycles. The lowest BCUT2D eigenvalue weighted by Gasteiger charge is -2.10. The van der Waals surface area contributed by atoms with Gasteiger partial charge in [-0.1, -0.05) is 12.7 Å². The summed E-state index contributed by atoms with van der Waals surface area (Å²) in [6, 6.07) is 5.36. The molecular formula is C25H23Br2NO6S. The smallest absolute Gasteiger partial charge is 0.348 e. The molecule has 0 aliphatic carbocycles. The van der Waals surface area contributed by atoms with E-state index in [1.165, 1.54) is 6.08 Å². The molecule has 2 aromatic rings. The zero-order valence-electron chi connectivity index (χ0n) is 19.4. The highest BCUT2D eigenvalue weighted by molar-refractivity contribution is 9.11. The Hall–Kier alpha value is -2.74. The van der Waals surface area contributed by atoms with Gasteiger partial charge in [-0.05, 0) is 82.0 Å². The van der Waals surface area contributed by atoms with Crippen LogP contribution in [-0.2, 0) is 20.7 Å². The number of carbonyl (C=O) groups excluding carboxylic acids is 3. The van der Waals surface area contributed by atoms with Gasteiger partial charge in [0.1, 0.15) is 23.3 Å². The first-order valence-electron chi connectivity index (χ1n) is 10.5. The molecule has 0 fully saturated rings. The Labute approximate surface area is 224 Å². The zero-order chi connectivity index (χ0) is 26.1. The summed E-state index contributed by atoms with van der Waals surface area (Å²) in [6.07, 6.45) is 2.82. The molecule has 0 aliphatic heterocycles. The lowest BCUT2D eigenvalue weighted by atomic mass is 10.0. The minimum atomic E-state index is -0.634. The van der Waals surface area contributed by atoms with E-state index < -0.39 is 17.7 Å². The molecule has 0 saturated carbocycles. The van der Waals surface area contributed by atoms with Crippen LogP contribution in [0.25, 0.3) is 6.08 Å². The number of ketones is 1. The Balaban J connectivity index is 2.43. The number of ether oxygens (including phenoxy) is 3. The summed E-state index contributed by atoms with van der Waals surface area (Å²) in [5, 5.41) is 9.67. The molecule has 7 nitrogen and oxygen atoms in total. The maximum absolute atomic E-state index is 13.1. The number of rotatable bonds is 11. The third kappa shape index (κ3) is 7.13. The Bertz CT molecular complexity index is 1200. The van der Waals surface area contributed by atoms with Crippen LogP contribution in [-0.4, -0.2) is 37.5 Å². The van der Waals surface area contributed by atoms with Crippen LogP contribution in [0, 0.1) is 18.3 Å². The van der Waals surface area contributed by atoms with E-state index in [4.69, 9.17) is 14.2 Å². The van der Waals surface area contributed by atoms with Gasteiger partial charge in [-0.25, -0.2) is 9.59 Å². The van der Waals surface area contributed by atoms with E-state index in [0.717, 1.165) is 11.3 Å². The minimum Gasteiger partial charge on any atom is -0.487 e. The number of nitriles is 1. The second kappa shape index (κ2) is 13.4. The first-order chi connectivity index (χ1) is 16.7. The summed E-state index contributed by atoms with van der Waals surface area (Å²) in [6.45, 7) is 9.18. The molecule has 2 rings (SSSR count). The van der Waals surface area contributed by atoms with E-state index >= 15 is 0 Å². The molecule has 0 saturated heterocycles. The van der Waals surface area contributed by atoms with E-state index in [-0.39, 0.29) is 35.6 Å². The molecule has 184 valence electrons. The topological polar surface area (TPSA) is 103 Å². The van der Waals surface area contributed by atoms with Gasteiger partial charge in [-0.2, -0.15) is 5.26 Å². The molecule has 1 aromatic carbocycles. The quantitative estimate of drug-likeness (QED) is 0.127. The second-order valence-corrected chi connectivity index (χ2v) is 9.79.